The van der Waals surface area contributed by atoms with Crippen LogP contribution in [-0.4, -0.2) is 24.9 Å². The maximum Gasteiger partial charge on any atom is 0.349 e. The standard InChI is InChI=1S/C23H19NO3/c1-26-23(25)22-21(18-14-8-9-15-19(18)27-22)24-20(16-10-4-2-5-11-16)17-12-6-3-7-13-17/h2-15,21-22H,1H3/t21-,22-/m1/s1. The van der Waals surface area contributed by atoms with E-state index in [1.807, 2.05) is 84.9 Å². The molecule has 3 aromatic rings. The fourth-order valence-electron chi connectivity index (χ4n) is 3.27. The van der Waals surface area contributed by atoms with Gasteiger partial charge in [0.25, 0.3) is 0 Å². The zero-order chi connectivity index (χ0) is 18.6. The fraction of sp³-hybridized carbons (Fsp3) is 0.130. The monoisotopic (exact) mass is 357 g/mol. The lowest BCUT2D eigenvalue weighted by atomic mass is 9.99. The van der Waals surface area contributed by atoms with Crippen LogP contribution in [0.5, 0.6) is 5.75 Å². The van der Waals surface area contributed by atoms with Gasteiger partial charge in [0.05, 0.1) is 12.8 Å². The maximum absolute atomic E-state index is 12.3. The number of fused-ring (bicyclic) bond motifs is 1. The number of ether oxygens (including phenoxy) is 2. The maximum atomic E-state index is 12.3. The molecule has 0 saturated heterocycles. The molecule has 0 radical (unpaired) electrons. The van der Waals surface area contributed by atoms with Gasteiger partial charge in [0.15, 0.2) is 0 Å². The minimum Gasteiger partial charge on any atom is -0.476 e. The molecule has 134 valence electrons. The number of aliphatic imine (C=N–C) groups is 1. The Hall–Kier alpha value is -3.40. The minimum absolute atomic E-state index is 0.430. The predicted molar refractivity (Wildman–Crippen MR) is 104 cm³/mol. The average molecular weight is 357 g/mol. The van der Waals surface area contributed by atoms with E-state index in [-0.39, 0.29) is 0 Å². The Balaban J connectivity index is 1.86. The van der Waals surface area contributed by atoms with E-state index in [9.17, 15) is 4.79 Å². The van der Waals surface area contributed by atoms with Gasteiger partial charge in [0.2, 0.25) is 6.10 Å². The molecule has 1 aliphatic rings. The van der Waals surface area contributed by atoms with E-state index in [2.05, 4.69) is 0 Å². The van der Waals surface area contributed by atoms with Crippen LogP contribution >= 0.6 is 0 Å². The van der Waals surface area contributed by atoms with Gasteiger partial charge in [0, 0.05) is 16.7 Å². The number of methoxy groups -OCH3 is 1. The molecule has 27 heavy (non-hydrogen) atoms. The Kier molecular flexibility index (Phi) is 4.71. The highest BCUT2D eigenvalue weighted by Crippen LogP contribution is 2.40. The summed E-state index contributed by atoms with van der Waals surface area (Å²) < 4.78 is 10.8. The van der Waals surface area contributed by atoms with Crippen LogP contribution < -0.4 is 4.74 Å². The number of hydrogen-bond donors (Lipinski definition) is 0. The minimum atomic E-state index is -0.796. The van der Waals surface area contributed by atoms with Gasteiger partial charge >= 0.3 is 5.97 Å². The smallest absolute Gasteiger partial charge is 0.349 e. The van der Waals surface area contributed by atoms with Crippen molar-refractivity contribution < 1.29 is 14.3 Å². The summed E-state index contributed by atoms with van der Waals surface area (Å²) in [6.45, 7) is 0. The van der Waals surface area contributed by atoms with Gasteiger partial charge < -0.3 is 9.47 Å². The molecule has 1 aliphatic heterocycles. The van der Waals surface area contributed by atoms with E-state index in [0.717, 1.165) is 22.4 Å². The van der Waals surface area contributed by atoms with Crippen molar-refractivity contribution in [1.82, 2.24) is 0 Å². The first-order chi connectivity index (χ1) is 13.3. The third-order valence-corrected chi connectivity index (χ3v) is 4.57. The van der Waals surface area contributed by atoms with E-state index >= 15 is 0 Å². The molecule has 0 bridgehead atoms. The van der Waals surface area contributed by atoms with Gasteiger partial charge in [-0.05, 0) is 6.07 Å². The molecule has 0 fully saturated rings. The molecule has 3 aromatic carbocycles. The first kappa shape index (κ1) is 17.0. The highest BCUT2D eigenvalue weighted by atomic mass is 16.6. The number of para-hydroxylation sites is 1. The number of benzene rings is 3. The van der Waals surface area contributed by atoms with E-state index in [1.54, 1.807) is 0 Å². The van der Waals surface area contributed by atoms with E-state index in [4.69, 9.17) is 14.5 Å². The highest BCUT2D eigenvalue weighted by molar-refractivity contribution is 6.13. The van der Waals surface area contributed by atoms with E-state index in [1.165, 1.54) is 7.11 Å². The number of carbonyl (C=O) groups is 1. The van der Waals surface area contributed by atoms with Crippen LogP contribution in [0.2, 0.25) is 0 Å². The SMILES string of the molecule is COC(=O)[C@@H]1Oc2ccccc2[C@H]1N=C(c1ccccc1)c1ccccc1. The number of carbonyl (C=O) groups excluding carboxylic acids is 1. The molecule has 0 amide bonds. The van der Waals surface area contributed by atoms with Crippen molar-refractivity contribution in [3.05, 3.63) is 102 Å². The molecule has 4 heteroatoms. The molecule has 0 aliphatic carbocycles. The topological polar surface area (TPSA) is 47.9 Å². The molecule has 0 unspecified atom stereocenters. The van der Waals surface area contributed by atoms with Gasteiger partial charge in [0.1, 0.15) is 11.8 Å². The van der Waals surface area contributed by atoms with Crippen molar-refractivity contribution >= 4 is 11.7 Å². The lowest BCUT2D eigenvalue weighted by Crippen LogP contribution is -2.30. The lowest BCUT2D eigenvalue weighted by molar-refractivity contribution is -0.148. The van der Waals surface area contributed by atoms with Crippen molar-refractivity contribution in [3.63, 3.8) is 0 Å². The molecular weight excluding hydrogens is 338 g/mol. The van der Waals surface area contributed by atoms with Crippen molar-refractivity contribution in [1.29, 1.82) is 0 Å². The summed E-state index contributed by atoms with van der Waals surface area (Å²) in [5.74, 6) is 0.238. The number of hydrogen-bond acceptors (Lipinski definition) is 4. The van der Waals surface area contributed by atoms with Gasteiger partial charge in [-0.1, -0.05) is 78.9 Å². The molecule has 2 atom stereocenters. The number of nitrogens with zero attached hydrogens (tertiary/aromatic N) is 1. The second-order valence-corrected chi connectivity index (χ2v) is 6.25. The van der Waals surface area contributed by atoms with Crippen LogP contribution in [0.1, 0.15) is 22.7 Å². The Morgan fingerprint density at radius 3 is 2.00 bits per heavy atom. The third-order valence-electron chi connectivity index (χ3n) is 4.57. The Morgan fingerprint density at radius 2 is 1.41 bits per heavy atom. The van der Waals surface area contributed by atoms with Gasteiger partial charge in [-0.25, -0.2) is 4.79 Å². The first-order valence-electron chi connectivity index (χ1n) is 8.80. The van der Waals surface area contributed by atoms with Crippen molar-refractivity contribution in [3.8, 4) is 5.75 Å². The second kappa shape index (κ2) is 7.46. The fourth-order valence-corrected chi connectivity index (χ4v) is 3.27. The third kappa shape index (κ3) is 3.34. The lowest BCUT2D eigenvalue weighted by Gasteiger charge is -2.16. The summed E-state index contributed by atoms with van der Waals surface area (Å²) >= 11 is 0. The molecule has 1 heterocycles. The van der Waals surface area contributed by atoms with Gasteiger partial charge in [-0.3, -0.25) is 4.99 Å². The zero-order valence-electron chi connectivity index (χ0n) is 14.9. The zero-order valence-corrected chi connectivity index (χ0v) is 14.9. The van der Waals surface area contributed by atoms with Crippen LogP contribution in [0.3, 0.4) is 0 Å². The van der Waals surface area contributed by atoms with Gasteiger partial charge in [-0.2, -0.15) is 0 Å². The van der Waals surface area contributed by atoms with Crippen LogP contribution in [-0.2, 0) is 9.53 Å². The molecule has 0 aromatic heterocycles. The summed E-state index contributed by atoms with van der Waals surface area (Å²) in [4.78, 5) is 17.3. The predicted octanol–water partition coefficient (Wildman–Crippen LogP) is 4.20. The van der Waals surface area contributed by atoms with Gasteiger partial charge in [-0.15, -0.1) is 0 Å². The van der Waals surface area contributed by atoms with Crippen molar-refractivity contribution in [2.75, 3.05) is 7.11 Å². The quantitative estimate of drug-likeness (QED) is 0.519. The van der Waals surface area contributed by atoms with Crippen LogP contribution in [0.4, 0.5) is 0 Å². The van der Waals surface area contributed by atoms with E-state index < -0.39 is 18.1 Å². The summed E-state index contributed by atoms with van der Waals surface area (Å²) in [7, 11) is 1.37. The Morgan fingerprint density at radius 1 is 0.852 bits per heavy atom. The highest BCUT2D eigenvalue weighted by Gasteiger charge is 2.40. The average Bonchev–Trinajstić information content (AvgIpc) is 3.11. The van der Waals surface area contributed by atoms with Crippen LogP contribution in [0.15, 0.2) is 89.9 Å². The largest absolute Gasteiger partial charge is 0.476 e. The molecule has 4 rings (SSSR count). The van der Waals surface area contributed by atoms with Crippen molar-refractivity contribution in [2.45, 2.75) is 12.1 Å². The van der Waals surface area contributed by atoms with E-state index in [0.29, 0.717) is 5.75 Å². The van der Waals surface area contributed by atoms with Crippen molar-refractivity contribution in [2.24, 2.45) is 4.99 Å². The first-order valence-corrected chi connectivity index (χ1v) is 8.80. The normalized spacial score (nSPS) is 17.5. The summed E-state index contributed by atoms with van der Waals surface area (Å²) in [5.41, 5.74) is 3.67. The molecule has 0 spiro atoms. The number of esters is 1. The molecular formula is C23H19NO3. The van der Waals surface area contributed by atoms with Crippen LogP contribution in [0, 0.1) is 0 Å². The van der Waals surface area contributed by atoms with Crippen LogP contribution in [0.25, 0.3) is 0 Å². The Labute approximate surface area is 158 Å². The number of rotatable bonds is 4. The molecule has 0 saturated carbocycles. The Bertz CT molecular complexity index is 926. The summed E-state index contributed by atoms with van der Waals surface area (Å²) in [6, 6.07) is 27.0. The molecule has 4 nitrogen and oxygen atoms in total. The molecule has 0 N–H and O–H groups in total. The second-order valence-electron chi connectivity index (χ2n) is 6.25. The summed E-state index contributed by atoms with van der Waals surface area (Å²) in [6.07, 6.45) is -0.796. The summed E-state index contributed by atoms with van der Waals surface area (Å²) in [5, 5.41) is 0.